The van der Waals surface area contributed by atoms with Crippen molar-refractivity contribution in [3.8, 4) is 0 Å². The molecule has 12 N–H and O–H groups in total. The first-order chi connectivity index (χ1) is 24.3. The fourth-order valence-corrected chi connectivity index (χ4v) is 9.61. The van der Waals surface area contributed by atoms with Gasteiger partial charge in [-0.25, -0.2) is 18.4 Å². The minimum atomic E-state index is -5.86. The number of phosphoric acid groups is 2. The Hall–Kier alpha value is -3.07. The number of imidazole rings is 1. The molecule has 2 fully saturated rings. The highest BCUT2D eigenvalue weighted by Gasteiger charge is 2.52. The number of hydrogen-bond donors (Lipinski definition) is 10. The fourth-order valence-electron chi connectivity index (χ4n) is 5.84. The molecule has 52 heavy (non-hydrogen) atoms. The van der Waals surface area contributed by atoms with Crippen LogP contribution in [0.5, 0.6) is 0 Å². The Labute approximate surface area is 291 Å². The van der Waals surface area contributed by atoms with Gasteiger partial charge < -0.3 is 75.5 Å². The number of nitrogens with one attached hydrogen (secondary N) is 2. The Kier molecular flexibility index (Phi) is 10.6. The topological polar surface area (TPSA) is 384 Å². The molecule has 0 radical (unpaired) electrons. The minimum absolute atomic E-state index is 0.0224. The number of nitrogens with two attached hydrogens (primary N) is 2. The number of nitrogens with zero attached hydrogens (tertiary/aromatic N) is 6. The molecule has 10 unspecified atom stereocenters. The zero-order valence-electron chi connectivity index (χ0n) is 26.9. The van der Waals surface area contributed by atoms with E-state index in [1.165, 1.54) is 22.9 Å². The standard InChI is InChI=1S/C22H35N10O17P3/c1-30-6-32(16-12(30)18(36)29-22(24)27-16)19-13(34)14(43-2)20(47-19)44-7-50(37,38)48-52(41,42)49-51(39,40)45-4-9-8(33)3-10(46-9)31-5-25-11-15(31)26-21(23)28-17(11)35/h5,8-10,13-14,18-20,33-34,36H,3-4,6-7H2,1-2H3,(H,37,38)(H,39,40)(H,41,42)(H3,24,27,29)(H3,23,26,28,35)/t8?,9?,10-,13?,14?,18?,19?,20?/m0/s1. The van der Waals surface area contributed by atoms with Gasteiger partial charge in [0.15, 0.2) is 48.0 Å². The van der Waals surface area contributed by atoms with Gasteiger partial charge in [0, 0.05) is 20.6 Å². The predicted molar refractivity (Wildman–Crippen MR) is 168 cm³/mol. The monoisotopic (exact) mass is 804 g/mol. The first-order valence-corrected chi connectivity index (χ1v) is 19.6. The van der Waals surface area contributed by atoms with Crippen LogP contribution in [-0.2, 0) is 45.8 Å². The number of aliphatic hydroxyl groups excluding tert-OH is 3. The van der Waals surface area contributed by atoms with E-state index in [1.807, 2.05) is 0 Å². The van der Waals surface area contributed by atoms with Crippen LogP contribution in [0.4, 0.5) is 5.95 Å². The number of nitrogen functional groups attached to an aromatic ring is 1. The van der Waals surface area contributed by atoms with E-state index in [1.54, 1.807) is 11.9 Å². The van der Waals surface area contributed by atoms with E-state index in [-0.39, 0.29) is 42.0 Å². The number of rotatable bonds is 13. The van der Waals surface area contributed by atoms with Gasteiger partial charge in [0.2, 0.25) is 5.95 Å². The van der Waals surface area contributed by atoms with Crippen LogP contribution in [0.3, 0.4) is 0 Å². The maximum Gasteiger partial charge on any atom is 0.488 e. The summed E-state index contributed by atoms with van der Waals surface area (Å²) in [6, 6.07) is 0. The van der Waals surface area contributed by atoms with Gasteiger partial charge in [0.1, 0.15) is 30.2 Å². The number of aromatic nitrogens is 4. The molecule has 0 spiro atoms. The Bertz CT molecular complexity index is 1960. The number of ether oxygens (including phenoxy) is 4. The number of methoxy groups -OCH3 is 1. The number of anilines is 1. The molecule has 6 rings (SSSR count). The summed E-state index contributed by atoms with van der Waals surface area (Å²) in [5, 5.41) is 34.3. The second-order valence-electron chi connectivity index (χ2n) is 11.7. The van der Waals surface area contributed by atoms with Gasteiger partial charge >= 0.3 is 23.2 Å². The Balaban J connectivity index is 1.03. The second-order valence-corrected chi connectivity index (χ2v) is 16.7. The summed E-state index contributed by atoms with van der Waals surface area (Å²) >= 11 is 0. The zero-order chi connectivity index (χ0) is 37.9. The van der Waals surface area contributed by atoms with Crippen LogP contribution in [0, 0.1) is 0 Å². The Morgan fingerprint density at radius 2 is 1.83 bits per heavy atom. The number of phosphoric ester groups is 1. The molecular weight excluding hydrogens is 769 g/mol. The lowest BCUT2D eigenvalue weighted by molar-refractivity contribution is -0.181. The van der Waals surface area contributed by atoms with Crippen molar-refractivity contribution in [2.24, 2.45) is 10.7 Å². The van der Waals surface area contributed by atoms with Crippen molar-refractivity contribution in [2.45, 2.75) is 55.8 Å². The number of hydrogen-bond acceptors (Lipinski definition) is 22. The summed E-state index contributed by atoms with van der Waals surface area (Å²) in [7, 11) is -13.9. The largest absolute Gasteiger partial charge is 0.488 e. The zero-order valence-corrected chi connectivity index (χ0v) is 29.6. The molecule has 30 heteroatoms. The van der Waals surface area contributed by atoms with Crippen LogP contribution in [0.2, 0.25) is 0 Å². The lowest BCUT2D eigenvalue weighted by atomic mass is 10.2. The van der Waals surface area contributed by atoms with E-state index in [9.17, 15) is 48.5 Å². The minimum Gasteiger partial charge on any atom is -0.390 e. The van der Waals surface area contributed by atoms with Crippen molar-refractivity contribution in [1.29, 1.82) is 0 Å². The summed E-state index contributed by atoms with van der Waals surface area (Å²) in [5.41, 5.74) is 10.9. The van der Waals surface area contributed by atoms with Gasteiger partial charge in [-0.15, -0.1) is 0 Å². The van der Waals surface area contributed by atoms with E-state index < -0.39 is 91.1 Å². The maximum absolute atomic E-state index is 12.7. The van der Waals surface area contributed by atoms with Crippen LogP contribution in [-0.4, -0.2) is 142 Å². The number of H-pyrrole nitrogens is 1. The van der Waals surface area contributed by atoms with Crippen molar-refractivity contribution in [3.05, 3.63) is 28.2 Å². The third kappa shape index (κ3) is 7.90. The fraction of sp³-hybridized carbons (Fsp3) is 0.636. The number of aliphatic hydroxyl groups is 3. The highest BCUT2D eigenvalue weighted by molar-refractivity contribution is 7.68. The number of aromatic amines is 1. The van der Waals surface area contributed by atoms with E-state index in [2.05, 4.69) is 38.4 Å². The summed E-state index contributed by atoms with van der Waals surface area (Å²) < 4.78 is 74.0. The highest BCUT2D eigenvalue weighted by Crippen LogP contribution is 2.67. The van der Waals surface area contributed by atoms with E-state index in [0.717, 1.165) is 0 Å². The second kappa shape index (κ2) is 14.3. The van der Waals surface area contributed by atoms with Gasteiger partial charge in [0.25, 0.3) is 5.56 Å². The molecule has 11 atom stereocenters. The average molecular weight is 804 g/mol. The van der Waals surface area contributed by atoms with Gasteiger partial charge in [-0.1, -0.05) is 0 Å². The average Bonchev–Trinajstić information content (AvgIpc) is 3.77. The van der Waals surface area contributed by atoms with Crippen LogP contribution in [0.15, 0.2) is 27.6 Å². The van der Waals surface area contributed by atoms with Crippen molar-refractivity contribution in [2.75, 3.05) is 39.5 Å². The van der Waals surface area contributed by atoms with Crippen LogP contribution >= 0.6 is 23.2 Å². The number of likely N-dealkylation sites (N-methyl/N-ethyl adjacent to an activating group) is 1. The van der Waals surface area contributed by atoms with Crippen molar-refractivity contribution in [3.63, 3.8) is 0 Å². The molecule has 27 nitrogen and oxygen atoms in total. The molecule has 4 aliphatic rings. The van der Waals surface area contributed by atoms with Crippen LogP contribution in [0.1, 0.15) is 12.6 Å². The quantitative estimate of drug-likeness (QED) is 0.0875. The van der Waals surface area contributed by atoms with Gasteiger partial charge in [-0.2, -0.15) is 14.3 Å². The summed E-state index contributed by atoms with van der Waals surface area (Å²) in [6.45, 7) is -0.849. The molecule has 0 saturated carbocycles. The summed E-state index contributed by atoms with van der Waals surface area (Å²) in [5.74, 6) is -0.187. The highest BCUT2D eigenvalue weighted by atomic mass is 31.3. The van der Waals surface area contributed by atoms with E-state index in [0.29, 0.717) is 5.70 Å². The van der Waals surface area contributed by atoms with Crippen LogP contribution < -0.4 is 22.3 Å². The predicted octanol–water partition coefficient (Wildman–Crippen LogP) is -3.57. The van der Waals surface area contributed by atoms with Crippen molar-refractivity contribution >= 4 is 46.3 Å². The molecular formula is C22H35N10O17P3. The van der Waals surface area contributed by atoms with Gasteiger partial charge in [0.05, 0.1) is 25.7 Å². The lowest BCUT2D eigenvalue weighted by Crippen LogP contribution is -2.46. The Morgan fingerprint density at radius 3 is 2.54 bits per heavy atom. The molecule has 2 aromatic rings. The number of fused-ring (bicyclic) bond motifs is 1. The number of guanidine groups is 1. The molecule has 0 aromatic carbocycles. The van der Waals surface area contributed by atoms with Crippen molar-refractivity contribution < 1.29 is 75.8 Å². The van der Waals surface area contributed by atoms with Crippen molar-refractivity contribution in [1.82, 2.24) is 34.6 Å². The molecule has 0 bridgehead atoms. The van der Waals surface area contributed by atoms with Crippen LogP contribution in [0.25, 0.3) is 11.2 Å². The smallest absolute Gasteiger partial charge is 0.390 e. The van der Waals surface area contributed by atoms with Gasteiger partial charge in [-0.05, 0) is 0 Å². The first-order valence-electron chi connectivity index (χ1n) is 14.9. The third-order valence-corrected chi connectivity index (χ3v) is 12.5. The first kappa shape index (κ1) is 38.6. The molecule has 4 aliphatic heterocycles. The summed E-state index contributed by atoms with van der Waals surface area (Å²) in [4.78, 5) is 59.8. The van der Waals surface area contributed by atoms with E-state index in [4.69, 9.17) is 30.4 Å². The molecule has 0 aliphatic carbocycles. The lowest BCUT2D eigenvalue weighted by Gasteiger charge is -2.29. The maximum atomic E-state index is 12.7. The molecule has 6 heterocycles. The third-order valence-electron chi connectivity index (χ3n) is 8.00. The molecule has 2 aromatic heterocycles. The Morgan fingerprint density at radius 1 is 1.10 bits per heavy atom. The summed E-state index contributed by atoms with van der Waals surface area (Å²) in [6.07, 6.45) is -10.8. The molecule has 290 valence electrons. The number of aliphatic imine (C=N–C) groups is 1. The van der Waals surface area contributed by atoms with E-state index >= 15 is 0 Å². The SMILES string of the molecule is COC1C(OCP(=O)(O)OP(=O)(O)OP(=O)(O)OCC2O[C@H](n3cnc4c(=O)[nH]c(N)nc43)CC2O)OC(N2CN(C)C3=C2N=C(N)NC3O)C1O. The molecule has 2 saturated heterocycles. The van der Waals surface area contributed by atoms with Gasteiger partial charge in [-0.3, -0.25) is 23.4 Å². The molecule has 0 amide bonds. The normalized spacial score (nSPS) is 32.7.